The van der Waals surface area contributed by atoms with Crippen LogP contribution in [-0.4, -0.2) is 19.9 Å². The van der Waals surface area contributed by atoms with E-state index in [1.54, 1.807) is 6.20 Å². The van der Waals surface area contributed by atoms with Crippen LogP contribution in [0.15, 0.2) is 29.1 Å². The smallest absolute Gasteiger partial charge is 0.223 e. The summed E-state index contributed by atoms with van der Waals surface area (Å²) in [5.74, 6) is 0.650. The highest BCUT2D eigenvalue weighted by molar-refractivity contribution is 9.10. The van der Waals surface area contributed by atoms with E-state index in [2.05, 4.69) is 35.9 Å². The minimum atomic E-state index is 0.188. The normalized spacial score (nSPS) is 10.1. The molecule has 0 bridgehead atoms. The first-order valence-electron chi connectivity index (χ1n) is 3.83. The molecule has 0 aliphatic carbocycles. The number of pyridine rings is 1. The molecule has 0 fully saturated rings. The zero-order valence-electron chi connectivity index (χ0n) is 7.05. The van der Waals surface area contributed by atoms with Gasteiger partial charge in [0.25, 0.3) is 0 Å². The van der Waals surface area contributed by atoms with Crippen LogP contribution < -0.4 is 5.73 Å². The Morgan fingerprint density at radius 1 is 1.21 bits per heavy atom. The Bertz CT molecular complexity index is 459. The molecule has 5 nitrogen and oxygen atoms in total. The number of hydrogen-bond acceptors (Lipinski definition) is 5. The maximum Gasteiger partial charge on any atom is 0.223 e. The molecule has 70 valence electrons. The number of nitrogens with zero attached hydrogens (tertiary/aromatic N) is 4. The van der Waals surface area contributed by atoms with Crippen LogP contribution in [-0.2, 0) is 0 Å². The Morgan fingerprint density at radius 2 is 2.07 bits per heavy atom. The van der Waals surface area contributed by atoms with Gasteiger partial charge in [-0.3, -0.25) is 4.98 Å². The quantitative estimate of drug-likeness (QED) is 0.827. The summed E-state index contributed by atoms with van der Waals surface area (Å²) in [6, 6.07) is 3.68. The van der Waals surface area contributed by atoms with Crippen LogP contribution in [0.1, 0.15) is 0 Å². The largest absolute Gasteiger partial charge is 0.368 e. The zero-order chi connectivity index (χ0) is 9.97. The van der Waals surface area contributed by atoms with E-state index in [1.165, 1.54) is 6.33 Å². The van der Waals surface area contributed by atoms with Gasteiger partial charge in [0, 0.05) is 10.7 Å². The summed E-state index contributed by atoms with van der Waals surface area (Å²) in [6.45, 7) is 0. The molecule has 0 aliphatic heterocycles. The van der Waals surface area contributed by atoms with Gasteiger partial charge >= 0.3 is 0 Å². The molecular weight excluding hydrogens is 246 g/mol. The van der Waals surface area contributed by atoms with Crippen LogP contribution in [0.25, 0.3) is 11.5 Å². The van der Waals surface area contributed by atoms with Crippen molar-refractivity contribution in [1.29, 1.82) is 0 Å². The van der Waals surface area contributed by atoms with Gasteiger partial charge in [-0.1, -0.05) is 0 Å². The van der Waals surface area contributed by atoms with Crippen LogP contribution >= 0.6 is 15.9 Å². The molecule has 14 heavy (non-hydrogen) atoms. The van der Waals surface area contributed by atoms with Crippen molar-refractivity contribution in [3.05, 3.63) is 29.1 Å². The molecule has 6 heteroatoms. The van der Waals surface area contributed by atoms with Gasteiger partial charge in [0.2, 0.25) is 5.95 Å². The molecule has 0 unspecified atom stereocenters. The lowest BCUT2D eigenvalue weighted by atomic mass is 10.3. The summed E-state index contributed by atoms with van der Waals surface area (Å²) < 4.78 is 0.825. The molecule has 2 heterocycles. The van der Waals surface area contributed by atoms with E-state index in [1.807, 2.05) is 12.1 Å². The molecule has 0 atom stereocenters. The first-order chi connectivity index (χ1) is 6.77. The lowest BCUT2D eigenvalue weighted by Crippen LogP contribution is -1.99. The summed E-state index contributed by atoms with van der Waals surface area (Å²) in [7, 11) is 0. The summed E-state index contributed by atoms with van der Waals surface area (Å²) in [4.78, 5) is 15.8. The van der Waals surface area contributed by atoms with Gasteiger partial charge in [-0.15, -0.1) is 0 Å². The summed E-state index contributed by atoms with van der Waals surface area (Å²) in [5, 5.41) is 0. The van der Waals surface area contributed by atoms with E-state index in [4.69, 9.17) is 5.73 Å². The average molecular weight is 252 g/mol. The van der Waals surface area contributed by atoms with E-state index in [-0.39, 0.29) is 5.95 Å². The highest BCUT2D eigenvalue weighted by Crippen LogP contribution is 2.21. The molecule has 0 saturated carbocycles. The van der Waals surface area contributed by atoms with Crippen molar-refractivity contribution in [1.82, 2.24) is 19.9 Å². The molecule has 0 spiro atoms. The van der Waals surface area contributed by atoms with E-state index >= 15 is 0 Å². The summed E-state index contributed by atoms with van der Waals surface area (Å²) in [6.07, 6.45) is 3.03. The topological polar surface area (TPSA) is 77.6 Å². The minimum absolute atomic E-state index is 0.188. The van der Waals surface area contributed by atoms with Crippen molar-refractivity contribution in [2.24, 2.45) is 0 Å². The van der Waals surface area contributed by atoms with Crippen LogP contribution in [0.4, 0.5) is 5.95 Å². The number of rotatable bonds is 1. The number of nitrogens with two attached hydrogens (primary N) is 1. The fraction of sp³-hybridized carbons (Fsp3) is 0. The fourth-order valence-corrected chi connectivity index (χ4v) is 1.41. The third-order valence-corrected chi connectivity index (χ3v) is 2.20. The van der Waals surface area contributed by atoms with Crippen LogP contribution in [0.3, 0.4) is 0 Å². The number of nitrogen functional groups attached to an aromatic ring is 1. The van der Waals surface area contributed by atoms with Gasteiger partial charge in [-0.25, -0.2) is 9.97 Å². The van der Waals surface area contributed by atoms with Gasteiger partial charge in [0.15, 0.2) is 5.82 Å². The predicted molar refractivity (Wildman–Crippen MR) is 55.2 cm³/mol. The maximum atomic E-state index is 5.44. The van der Waals surface area contributed by atoms with Crippen molar-refractivity contribution in [3.8, 4) is 11.5 Å². The molecule has 2 aromatic heterocycles. The molecule has 0 aliphatic rings. The third-order valence-electron chi connectivity index (χ3n) is 1.56. The summed E-state index contributed by atoms with van der Waals surface area (Å²) >= 11 is 3.35. The maximum absolute atomic E-state index is 5.44. The predicted octanol–water partition coefficient (Wildman–Crippen LogP) is 1.28. The minimum Gasteiger partial charge on any atom is -0.368 e. The second kappa shape index (κ2) is 3.67. The fourth-order valence-electron chi connectivity index (χ4n) is 0.973. The molecular formula is C8H6BrN5. The SMILES string of the molecule is Nc1ncnc(-c2ncccc2Br)n1. The Labute approximate surface area is 88.6 Å². The molecule has 0 radical (unpaired) electrons. The van der Waals surface area contributed by atoms with Crippen LogP contribution in [0, 0.1) is 0 Å². The van der Waals surface area contributed by atoms with Gasteiger partial charge in [0.1, 0.15) is 12.0 Å². The van der Waals surface area contributed by atoms with Crippen molar-refractivity contribution in [3.63, 3.8) is 0 Å². The molecule has 2 N–H and O–H groups in total. The molecule has 2 aromatic rings. The van der Waals surface area contributed by atoms with Gasteiger partial charge in [0.05, 0.1) is 0 Å². The highest BCUT2D eigenvalue weighted by atomic mass is 79.9. The van der Waals surface area contributed by atoms with E-state index < -0.39 is 0 Å². The van der Waals surface area contributed by atoms with Crippen LogP contribution in [0.5, 0.6) is 0 Å². The third kappa shape index (κ3) is 1.69. The first-order valence-corrected chi connectivity index (χ1v) is 4.62. The number of anilines is 1. The standard InChI is InChI=1S/C8H6BrN5/c9-5-2-1-3-11-6(5)7-12-4-13-8(10)14-7/h1-4H,(H2,10,12,13,14). The van der Waals surface area contributed by atoms with Gasteiger partial charge in [-0.05, 0) is 28.1 Å². The number of aromatic nitrogens is 4. The van der Waals surface area contributed by atoms with Crippen molar-refractivity contribution < 1.29 is 0 Å². The molecule has 0 aromatic carbocycles. The Hall–Kier alpha value is -1.56. The Kier molecular flexibility index (Phi) is 2.36. The van der Waals surface area contributed by atoms with E-state index in [0.717, 1.165) is 4.47 Å². The lowest BCUT2D eigenvalue weighted by Gasteiger charge is -2.00. The lowest BCUT2D eigenvalue weighted by molar-refractivity contribution is 1.05. The van der Waals surface area contributed by atoms with Crippen LogP contribution in [0.2, 0.25) is 0 Å². The average Bonchev–Trinajstić information content (AvgIpc) is 2.18. The molecule has 0 amide bonds. The second-order valence-electron chi connectivity index (χ2n) is 2.50. The molecule has 0 saturated heterocycles. The van der Waals surface area contributed by atoms with Crippen molar-refractivity contribution in [2.45, 2.75) is 0 Å². The Balaban J connectivity index is 2.55. The van der Waals surface area contributed by atoms with Gasteiger partial charge in [-0.2, -0.15) is 4.98 Å². The number of hydrogen-bond donors (Lipinski definition) is 1. The van der Waals surface area contributed by atoms with Gasteiger partial charge < -0.3 is 5.73 Å². The first kappa shape index (κ1) is 9.01. The Morgan fingerprint density at radius 3 is 2.79 bits per heavy atom. The molecule has 2 rings (SSSR count). The van der Waals surface area contributed by atoms with E-state index in [0.29, 0.717) is 11.5 Å². The monoisotopic (exact) mass is 251 g/mol. The number of halogens is 1. The van der Waals surface area contributed by atoms with Crippen molar-refractivity contribution in [2.75, 3.05) is 5.73 Å². The van der Waals surface area contributed by atoms with Crippen molar-refractivity contribution >= 4 is 21.9 Å². The highest BCUT2D eigenvalue weighted by Gasteiger charge is 2.06. The van der Waals surface area contributed by atoms with E-state index in [9.17, 15) is 0 Å². The second-order valence-corrected chi connectivity index (χ2v) is 3.36. The zero-order valence-corrected chi connectivity index (χ0v) is 8.64. The summed E-state index contributed by atoms with van der Waals surface area (Å²) in [5.41, 5.74) is 6.09.